The molecule has 2 N–H and O–H groups in total. The first kappa shape index (κ1) is 16.9. The van der Waals surface area contributed by atoms with Gasteiger partial charge in [0.15, 0.2) is 5.96 Å². The topological polar surface area (TPSA) is 52.5 Å². The van der Waals surface area contributed by atoms with E-state index < -0.39 is 0 Å². The van der Waals surface area contributed by atoms with Gasteiger partial charge in [0.05, 0.1) is 6.54 Å². The quantitative estimate of drug-likeness (QED) is 0.568. The maximum atomic E-state index is 4.33. The van der Waals surface area contributed by atoms with Gasteiger partial charge >= 0.3 is 0 Å². The molecule has 20 heavy (non-hydrogen) atoms. The van der Waals surface area contributed by atoms with Crippen LogP contribution >= 0.6 is 11.3 Å². The average molecular weight is 297 g/mol. The third-order valence-corrected chi connectivity index (χ3v) is 3.92. The van der Waals surface area contributed by atoms with Gasteiger partial charge in [0.1, 0.15) is 5.01 Å². The van der Waals surface area contributed by atoms with E-state index in [1.54, 1.807) is 18.4 Å². The van der Waals surface area contributed by atoms with E-state index in [1.165, 1.54) is 11.3 Å². The van der Waals surface area contributed by atoms with Crippen molar-refractivity contribution in [1.82, 2.24) is 20.5 Å². The number of thiazole rings is 1. The van der Waals surface area contributed by atoms with Crippen molar-refractivity contribution >= 4 is 17.3 Å². The number of aromatic nitrogens is 1. The number of aliphatic imine (C=N–C) groups is 1. The molecular weight excluding hydrogens is 270 g/mol. The molecule has 1 aromatic heterocycles. The summed E-state index contributed by atoms with van der Waals surface area (Å²) in [5, 5.41) is 7.72. The van der Waals surface area contributed by atoms with Gasteiger partial charge in [-0.1, -0.05) is 13.8 Å². The maximum Gasteiger partial charge on any atom is 0.191 e. The Kier molecular flexibility index (Phi) is 8.22. The predicted molar refractivity (Wildman–Crippen MR) is 87.5 cm³/mol. The Morgan fingerprint density at radius 2 is 2.15 bits per heavy atom. The highest BCUT2D eigenvalue weighted by atomic mass is 32.1. The van der Waals surface area contributed by atoms with Crippen LogP contribution in [0.5, 0.6) is 0 Å². The minimum atomic E-state index is 0.727. The number of nitrogens with zero attached hydrogens (tertiary/aromatic N) is 3. The molecule has 114 valence electrons. The molecule has 0 amide bonds. The van der Waals surface area contributed by atoms with Crippen LogP contribution in [0.25, 0.3) is 0 Å². The molecule has 0 atom stereocenters. The lowest BCUT2D eigenvalue weighted by Crippen LogP contribution is -2.41. The Hall–Kier alpha value is -1.14. The van der Waals surface area contributed by atoms with Gasteiger partial charge in [0.25, 0.3) is 0 Å². The van der Waals surface area contributed by atoms with Crippen molar-refractivity contribution < 1.29 is 0 Å². The maximum absolute atomic E-state index is 4.33. The van der Waals surface area contributed by atoms with Gasteiger partial charge in [0, 0.05) is 31.2 Å². The number of likely N-dealkylation sites (N-methyl/N-ethyl adjacent to an activating group) is 1. The first-order valence-electron chi connectivity index (χ1n) is 7.27. The number of hydrogen-bond donors (Lipinski definition) is 2. The molecule has 0 saturated heterocycles. The van der Waals surface area contributed by atoms with E-state index in [-0.39, 0.29) is 0 Å². The van der Waals surface area contributed by atoms with Crippen LogP contribution in [-0.2, 0) is 6.54 Å². The Morgan fingerprint density at radius 3 is 2.70 bits per heavy atom. The van der Waals surface area contributed by atoms with Crippen LogP contribution in [0.2, 0.25) is 0 Å². The van der Waals surface area contributed by atoms with Gasteiger partial charge in [-0.15, -0.1) is 11.3 Å². The minimum absolute atomic E-state index is 0.727. The molecule has 6 heteroatoms. The summed E-state index contributed by atoms with van der Waals surface area (Å²) in [4.78, 5) is 12.2. The standard InChI is InChI=1S/C14H27N5S/c1-5-8-19(6-2)9-7-16-14(15-4)18-11-13-17-10-12(3)20-13/h10H,5-9,11H2,1-4H3,(H2,15,16,18). The lowest BCUT2D eigenvalue weighted by Gasteiger charge is -2.20. The van der Waals surface area contributed by atoms with Crippen molar-refractivity contribution in [1.29, 1.82) is 0 Å². The number of hydrogen-bond acceptors (Lipinski definition) is 4. The van der Waals surface area contributed by atoms with Crippen molar-refractivity contribution in [2.45, 2.75) is 33.7 Å². The summed E-state index contributed by atoms with van der Waals surface area (Å²) in [5.41, 5.74) is 0. The fourth-order valence-corrected chi connectivity index (χ4v) is 2.67. The van der Waals surface area contributed by atoms with Crippen LogP contribution in [0, 0.1) is 6.92 Å². The van der Waals surface area contributed by atoms with Gasteiger partial charge < -0.3 is 15.5 Å². The number of aryl methyl sites for hydroxylation is 1. The highest BCUT2D eigenvalue weighted by molar-refractivity contribution is 7.11. The minimum Gasteiger partial charge on any atom is -0.355 e. The zero-order valence-electron chi connectivity index (χ0n) is 13.1. The monoisotopic (exact) mass is 297 g/mol. The van der Waals surface area contributed by atoms with Gasteiger partial charge in [-0.05, 0) is 26.4 Å². The van der Waals surface area contributed by atoms with Crippen molar-refractivity contribution in [2.24, 2.45) is 4.99 Å². The van der Waals surface area contributed by atoms with Crippen LogP contribution in [0.3, 0.4) is 0 Å². The van der Waals surface area contributed by atoms with E-state index in [2.05, 4.69) is 46.3 Å². The number of rotatable bonds is 8. The first-order chi connectivity index (χ1) is 9.69. The second kappa shape index (κ2) is 9.72. The van der Waals surface area contributed by atoms with Crippen molar-refractivity contribution in [3.05, 3.63) is 16.1 Å². The summed E-state index contributed by atoms with van der Waals surface area (Å²) in [6, 6.07) is 0. The number of guanidine groups is 1. The van der Waals surface area contributed by atoms with Crippen LogP contribution in [-0.4, -0.2) is 49.1 Å². The summed E-state index contributed by atoms with van der Waals surface area (Å²) < 4.78 is 0. The third-order valence-electron chi connectivity index (χ3n) is 3.01. The van der Waals surface area contributed by atoms with Crippen LogP contribution in [0.15, 0.2) is 11.2 Å². The Balaban J connectivity index is 2.26. The molecule has 0 radical (unpaired) electrons. The van der Waals surface area contributed by atoms with Crippen LogP contribution in [0.1, 0.15) is 30.2 Å². The molecule has 0 bridgehead atoms. The fraction of sp³-hybridized carbons (Fsp3) is 0.714. The molecular formula is C14H27N5S. The third kappa shape index (κ3) is 6.34. The molecule has 0 unspecified atom stereocenters. The molecule has 1 heterocycles. The summed E-state index contributed by atoms with van der Waals surface area (Å²) in [6.07, 6.45) is 3.10. The molecule has 0 aliphatic carbocycles. The van der Waals surface area contributed by atoms with Crippen molar-refractivity contribution in [3.63, 3.8) is 0 Å². The molecule has 5 nitrogen and oxygen atoms in total. The molecule has 0 spiro atoms. The number of nitrogens with one attached hydrogen (secondary N) is 2. The van der Waals surface area contributed by atoms with Gasteiger partial charge in [-0.2, -0.15) is 0 Å². The summed E-state index contributed by atoms with van der Waals surface area (Å²) in [6.45, 7) is 11.4. The Morgan fingerprint density at radius 1 is 1.35 bits per heavy atom. The second-order valence-corrected chi connectivity index (χ2v) is 5.97. The molecule has 0 aliphatic rings. The van der Waals surface area contributed by atoms with E-state index in [0.29, 0.717) is 0 Å². The van der Waals surface area contributed by atoms with Crippen molar-refractivity contribution in [3.8, 4) is 0 Å². The van der Waals surface area contributed by atoms with Gasteiger partial charge in [-0.25, -0.2) is 4.98 Å². The Bertz CT molecular complexity index is 402. The summed E-state index contributed by atoms with van der Waals surface area (Å²) in [5.74, 6) is 0.838. The zero-order chi connectivity index (χ0) is 14.8. The summed E-state index contributed by atoms with van der Waals surface area (Å²) in [7, 11) is 1.80. The second-order valence-electron chi connectivity index (χ2n) is 4.65. The van der Waals surface area contributed by atoms with Crippen LogP contribution < -0.4 is 10.6 Å². The average Bonchev–Trinajstić information content (AvgIpc) is 2.87. The van der Waals surface area contributed by atoms with E-state index in [1.807, 2.05) is 6.20 Å². The van der Waals surface area contributed by atoms with E-state index in [4.69, 9.17) is 0 Å². The lowest BCUT2D eigenvalue weighted by molar-refractivity contribution is 0.293. The molecule has 1 rings (SSSR count). The van der Waals surface area contributed by atoms with Gasteiger partial charge in [0.2, 0.25) is 0 Å². The van der Waals surface area contributed by atoms with E-state index >= 15 is 0 Å². The SMILES string of the molecule is CCCN(CC)CCNC(=NC)NCc1ncc(C)s1. The molecule has 0 aromatic carbocycles. The highest BCUT2D eigenvalue weighted by Crippen LogP contribution is 2.10. The zero-order valence-corrected chi connectivity index (χ0v) is 13.9. The highest BCUT2D eigenvalue weighted by Gasteiger charge is 2.03. The van der Waals surface area contributed by atoms with E-state index in [9.17, 15) is 0 Å². The van der Waals surface area contributed by atoms with Crippen molar-refractivity contribution in [2.75, 3.05) is 33.2 Å². The molecule has 1 aromatic rings. The molecule has 0 aliphatic heterocycles. The summed E-state index contributed by atoms with van der Waals surface area (Å²) >= 11 is 1.71. The largest absolute Gasteiger partial charge is 0.355 e. The van der Waals surface area contributed by atoms with Gasteiger partial charge in [-0.3, -0.25) is 4.99 Å². The van der Waals surface area contributed by atoms with E-state index in [0.717, 1.165) is 43.7 Å². The first-order valence-corrected chi connectivity index (χ1v) is 8.09. The smallest absolute Gasteiger partial charge is 0.191 e. The molecule has 0 saturated carbocycles. The fourth-order valence-electron chi connectivity index (χ4n) is 1.94. The normalized spacial score (nSPS) is 11.9. The molecule has 0 fully saturated rings. The van der Waals surface area contributed by atoms with Crippen LogP contribution in [0.4, 0.5) is 0 Å². The Labute approximate surface area is 126 Å². The predicted octanol–water partition coefficient (Wildman–Crippen LogP) is 1.85. The lowest BCUT2D eigenvalue weighted by atomic mass is 10.4.